The van der Waals surface area contributed by atoms with Crippen LogP contribution in [-0.4, -0.2) is 25.7 Å². The van der Waals surface area contributed by atoms with Crippen LogP contribution >= 0.6 is 23.1 Å². The van der Waals surface area contributed by atoms with E-state index in [9.17, 15) is 17.1 Å². The SMILES string of the molecule is CCOC(=O)C1(C(c2cccs2)S(=O)(=O)F)CC=CS1. The molecule has 0 amide bonds. The maximum absolute atomic E-state index is 13.8. The van der Waals surface area contributed by atoms with Crippen LogP contribution in [0.3, 0.4) is 0 Å². The molecule has 0 radical (unpaired) electrons. The van der Waals surface area contributed by atoms with Crippen molar-refractivity contribution in [1.29, 1.82) is 0 Å². The van der Waals surface area contributed by atoms with Crippen molar-refractivity contribution in [2.24, 2.45) is 0 Å². The lowest BCUT2D eigenvalue weighted by Gasteiger charge is -2.30. The molecule has 0 aliphatic carbocycles. The van der Waals surface area contributed by atoms with Gasteiger partial charge in [0.05, 0.1) is 6.61 Å². The third kappa shape index (κ3) is 2.77. The minimum Gasteiger partial charge on any atom is -0.465 e. The zero-order valence-corrected chi connectivity index (χ0v) is 13.1. The van der Waals surface area contributed by atoms with Gasteiger partial charge in [0.15, 0.2) is 5.25 Å². The molecule has 0 N–H and O–H groups in total. The Balaban J connectivity index is 2.52. The van der Waals surface area contributed by atoms with Gasteiger partial charge in [-0.2, -0.15) is 8.42 Å². The van der Waals surface area contributed by atoms with Crippen LogP contribution in [0.5, 0.6) is 0 Å². The largest absolute Gasteiger partial charge is 0.465 e. The Bertz CT molecular complexity index is 599. The maximum atomic E-state index is 13.8. The van der Waals surface area contributed by atoms with Gasteiger partial charge >= 0.3 is 16.2 Å². The van der Waals surface area contributed by atoms with E-state index in [0.29, 0.717) is 4.88 Å². The van der Waals surface area contributed by atoms with Gasteiger partial charge in [0.2, 0.25) is 0 Å². The van der Waals surface area contributed by atoms with E-state index in [1.165, 1.54) is 6.07 Å². The highest BCUT2D eigenvalue weighted by atomic mass is 32.3. The van der Waals surface area contributed by atoms with Crippen LogP contribution in [0, 0.1) is 0 Å². The number of thioether (sulfide) groups is 1. The molecule has 1 aromatic heterocycles. The van der Waals surface area contributed by atoms with Crippen LogP contribution in [0.25, 0.3) is 0 Å². The third-order valence-electron chi connectivity index (χ3n) is 2.92. The summed E-state index contributed by atoms with van der Waals surface area (Å²) in [6.45, 7) is 1.74. The molecule has 110 valence electrons. The van der Waals surface area contributed by atoms with Crippen LogP contribution in [-0.2, 0) is 19.8 Å². The molecule has 2 rings (SSSR count). The molecule has 1 aliphatic rings. The summed E-state index contributed by atoms with van der Waals surface area (Å²) in [7, 11) is -4.94. The number of ether oxygens (including phenoxy) is 1. The van der Waals surface area contributed by atoms with E-state index in [0.717, 1.165) is 23.1 Å². The van der Waals surface area contributed by atoms with E-state index in [4.69, 9.17) is 4.74 Å². The van der Waals surface area contributed by atoms with Crippen LogP contribution in [0.1, 0.15) is 23.5 Å². The zero-order chi connectivity index (χ0) is 14.8. The number of carbonyl (C=O) groups is 1. The number of halogens is 1. The fourth-order valence-electron chi connectivity index (χ4n) is 2.14. The number of esters is 1. The number of hydrogen-bond acceptors (Lipinski definition) is 6. The number of rotatable bonds is 5. The molecule has 1 aromatic rings. The average Bonchev–Trinajstić information content (AvgIpc) is 3.00. The Morgan fingerprint density at radius 3 is 2.80 bits per heavy atom. The minimum absolute atomic E-state index is 0.116. The summed E-state index contributed by atoms with van der Waals surface area (Å²) >= 11 is 2.11. The Morgan fingerprint density at radius 2 is 2.35 bits per heavy atom. The normalized spacial score (nSPS) is 23.7. The topological polar surface area (TPSA) is 60.4 Å². The highest BCUT2D eigenvalue weighted by Crippen LogP contribution is 2.51. The molecule has 20 heavy (non-hydrogen) atoms. The summed E-state index contributed by atoms with van der Waals surface area (Å²) in [6.07, 6.45) is 1.79. The van der Waals surface area contributed by atoms with Crippen molar-refractivity contribution >= 4 is 39.3 Å². The lowest BCUT2D eigenvalue weighted by atomic mass is 9.99. The van der Waals surface area contributed by atoms with E-state index >= 15 is 0 Å². The van der Waals surface area contributed by atoms with Gasteiger partial charge in [0.1, 0.15) is 4.75 Å². The second-order valence-corrected chi connectivity index (χ2v) is 7.81. The Kier molecular flexibility index (Phi) is 4.55. The van der Waals surface area contributed by atoms with Crippen molar-refractivity contribution in [3.05, 3.63) is 33.9 Å². The van der Waals surface area contributed by atoms with Gasteiger partial charge in [-0.15, -0.1) is 27.0 Å². The number of allylic oxidation sites excluding steroid dienone is 1. The molecule has 2 unspecified atom stereocenters. The van der Waals surface area contributed by atoms with Crippen molar-refractivity contribution in [3.8, 4) is 0 Å². The van der Waals surface area contributed by atoms with Crippen molar-refractivity contribution in [3.63, 3.8) is 0 Å². The smallest absolute Gasteiger partial charge is 0.324 e. The molecule has 0 saturated carbocycles. The number of hydrogen-bond donors (Lipinski definition) is 0. The molecule has 2 atom stereocenters. The molecular weight excluding hydrogens is 323 g/mol. The summed E-state index contributed by atoms with van der Waals surface area (Å²) in [5.41, 5.74) is 0. The van der Waals surface area contributed by atoms with Gasteiger partial charge in [-0.25, -0.2) is 0 Å². The monoisotopic (exact) mass is 336 g/mol. The highest BCUT2D eigenvalue weighted by Gasteiger charge is 2.55. The molecular formula is C12H13FO4S3. The van der Waals surface area contributed by atoms with E-state index in [1.54, 1.807) is 29.9 Å². The molecule has 0 saturated heterocycles. The van der Waals surface area contributed by atoms with Gasteiger partial charge in [-0.3, -0.25) is 4.79 Å². The molecule has 0 spiro atoms. The Hall–Kier alpha value is -0.860. The Labute approximate surface area is 125 Å². The quantitative estimate of drug-likeness (QED) is 0.611. The number of thiophene rings is 1. The second kappa shape index (κ2) is 5.87. The van der Waals surface area contributed by atoms with E-state index in [-0.39, 0.29) is 13.0 Å². The van der Waals surface area contributed by atoms with Crippen LogP contribution < -0.4 is 0 Å². The van der Waals surface area contributed by atoms with Crippen molar-refractivity contribution in [1.82, 2.24) is 0 Å². The molecule has 8 heteroatoms. The number of carbonyl (C=O) groups excluding carboxylic acids is 1. The molecule has 2 heterocycles. The van der Waals surface area contributed by atoms with Crippen LogP contribution in [0.15, 0.2) is 29.0 Å². The lowest BCUT2D eigenvalue weighted by molar-refractivity contribution is -0.146. The predicted molar refractivity (Wildman–Crippen MR) is 77.8 cm³/mol. The Morgan fingerprint density at radius 1 is 1.60 bits per heavy atom. The molecule has 0 aromatic carbocycles. The lowest BCUT2D eigenvalue weighted by Crippen LogP contribution is -2.43. The van der Waals surface area contributed by atoms with Crippen molar-refractivity contribution in [2.75, 3.05) is 6.61 Å². The summed E-state index contributed by atoms with van der Waals surface area (Å²) in [4.78, 5) is 12.5. The van der Waals surface area contributed by atoms with Gasteiger partial charge in [0.25, 0.3) is 0 Å². The third-order valence-corrected chi connectivity index (χ3v) is 6.70. The van der Waals surface area contributed by atoms with E-state index < -0.39 is 26.2 Å². The summed E-state index contributed by atoms with van der Waals surface area (Å²) in [6, 6.07) is 3.15. The van der Waals surface area contributed by atoms with Crippen LogP contribution in [0.4, 0.5) is 3.89 Å². The van der Waals surface area contributed by atoms with Gasteiger partial charge in [0, 0.05) is 4.88 Å². The first kappa shape index (κ1) is 15.5. The summed E-state index contributed by atoms with van der Waals surface area (Å²) < 4.78 is 40.6. The fourth-order valence-corrected chi connectivity index (χ4v) is 6.07. The first-order valence-electron chi connectivity index (χ1n) is 5.88. The van der Waals surface area contributed by atoms with E-state index in [1.807, 2.05) is 0 Å². The van der Waals surface area contributed by atoms with Crippen LogP contribution in [0.2, 0.25) is 0 Å². The first-order valence-corrected chi connectivity index (χ1v) is 9.09. The van der Waals surface area contributed by atoms with E-state index in [2.05, 4.69) is 0 Å². The molecule has 0 bridgehead atoms. The van der Waals surface area contributed by atoms with Gasteiger partial charge in [-0.1, -0.05) is 12.1 Å². The van der Waals surface area contributed by atoms with Crippen molar-refractivity contribution in [2.45, 2.75) is 23.3 Å². The predicted octanol–water partition coefficient (Wildman–Crippen LogP) is 3.04. The molecule has 4 nitrogen and oxygen atoms in total. The fraction of sp³-hybridized carbons (Fsp3) is 0.417. The van der Waals surface area contributed by atoms with Gasteiger partial charge in [-0.05, 0) is 30.2 Å². The highest BCUT2D eigenvalue weighted by molar-refractivity contribution is 8.05. The average molecular weight is 336 g/mol. The maximum Gasteiger partial charge on any atom is 0.324 e. The second-order valence-electron chi connectivity index (χ2n) is 4.17. The first-order chi connectivity index (χ1) is 9.42. The van der Waals surface area contributed by atoms with Gasteiger partial charge < -0.3 is 4.74 Å². The van der Waals surface area contributed by atoms with Crippen molar-refractivity contribution < 1.29 is 21.8 Å². The minimum atomic E-state index is -4.94. The molecule has 0 fully saturated rings. The summed E-state index contributed by atoms with van der Waals surface area (Å²) in [5, 5.41) is 1.72. The summed E-state index contributed by atoms with van der Waals surface area (Å²) in [5.74, 6) is -0.699. The molecule has 1 aliphatic heterocycles. The standard InChI is InChI=1S/C12H13FO4S3/c1-2-17-11(14)12(6-4-8-19-12)10(20(13,15)16)9-5-3-7-18-9/h3-5,7-8,10H,2,6H2,1H3. The zero-order valence-electron chi connectivity index (χ0n) is 10.6.